The number of thioether (sulfide) groups is 1. The molecule has 2 N–H and O–H groups in total. The van der Waals surface area contributed by atoms with Gasteiger partial charge in [0, 0.05) is 12.1 Å². The van der Waals surface area contributed by atoms with Crippen molar-refractivity contribution in [2.45, 2.75) is 62.8 Å². The minimum absolute atomic E-state index is 0.0179. The first-order chi connectivity index (χ1) is 18.4. The Kier molecular flexibility index (Phi) is 5.93. The van der Waals surface area contributed by atoms with Gasteiger partial charge in [-0.25, -0.2) is 4.39 Å². The number of phenols is 1. The lowest BCUT2D eigenvalue weighted by atomic mass is 9.48. The van der Waals surface area contributed by atoms with E-state index in [4.69, 9.17) is 0 Å². The van der Waals surface area contributed by atoms with Gasteiger partial charge in [0.05, 0.1) is 17.6 Å². The Bertz CT molecular complexity index is 1330. The second-order valence-corrected chi connectivity index (χ2v) is 13.2. The number of aromatic hydroxyl groups is 1. The highest BCUT2D eigenvalue weighted by Gasteiger charge is 2.52. The van der Waals surface area contributed by atoms with E-state index in [0.29, 0.717) is 27.8 Å². The maximum absolute atomic E-state index is 15.2. The number of aliphatic imine (C=N–C) groups is 1. The fourth-order valence-electron chi connectivity index (χ4n) is 8.37. The predicted octanol–water partition coefficient (Wildman–Crippen LogP) is 6.09. The molecule has 7 heteroatoms. The van der Waals surface area contributed by atoms with Crippen molar-refractivity contribution in [3.63, 3.8) is 0 Å². The van der Waals surface area contributed by atoms with E-state index in [1.54, 1.807) is 0 Å². The van der Waals surface area contributed by atoms with Crippen molar-refractivity contribution in [1.82, 2.24) is 4.90 Å². The molecule has 2 aromatic rings. The average molecular weight is 533 g/mol. The molecule has 0 unspecified atom stereocenters. The number of aliphatic hydroxyl groups excluding tert-OH is 1. The van der Waals surface area contributed by atoms with Crippen LogP contribution in [0, 0.1) is 23.6 Å². The summed E-state index contributed by atoms with van der Waals surface area (Å²) in [6, 6.07) is 11.3. The standard InChI is InChI=1S/C31H33FN2O3S/c32-26-13-23(12-25(28(26)36)31-14-19-7-20(15-31)9-21(8-19)16-31)22-4-1-3-18(10-22)11-27-29(37)33-30(38-27)34-6-2-5-24(34)17-35/h1,3-4,10-13,19-21,24,35-36H,2,5-9,14-17H2/b27-11-/t19?,20?,21?,24-,31?/m0/s1. The Labute approximate surface area is 226 Å². The maximum Gasteiger partial charge on any atom is 0.286 e. The lowest BCUT2D eigenvalue weighted by Crippen LogP contribution is -2.48. The fourth-order valence-corrected chi connectivity index (χ4v) is 9.38. The van der Waals surface area contributed by atoms with Crippen molar-refractivity contribution in [2.24, 2.45) is 22.7 Å². The first kappa shape index (κ1) is 24.4. The summed E-state index contributed by atoms with van der Waals surface area (Å²) in [7, 11) is 0. The lowest BCUT2D eigenvalue weighted by Gasteiger charge is -2.57. The summed E-state index contributed by atoms with van der Waals surface area (Å²) < 4.78 is 15.2. The molecule has 0 spiro atoms. The van der Waals surface area contributed by atoms with E-state index in [-0.39, 0.29) is 29.7 Å². The number of carbonyl (C=O) groups excluding carboxylic acids is 1. The third kappa shape index (κ3) is 4.10. The van der Waals surface area contributed by atoms with Crippen molar-refractivity contribution in [2.75, 3.05) is 13.2 Å². The van der Waals surface area contributed by atoms with Crippen LogP contribution in [0.25, 0.3) is 17.2 Å². The molecule has 4 bridgehead atoms. The van der Waals surface area contributed by atoms with E-state index >= 15 is 4.39 Å². The molecular formula is C31H33FN2O3S. The maximum atomic E-state index is 15.2. The largest absolute Gasteiger partial charge is 0.505 e. The summed E-state index contributed by atoms with van der Waals surface area (Å²) in [5.74, 6) is 1.10. The molecule has 4 aliphatic carbocycles. The molecule has 1 atom stereocenters. The highest BCUT2D eigenvalue weighted by molar-refractivity contribution is 8.18. The van der Waals surface area contributed by atoms with Gasteiger partial charge in [-0.15, -0.1) is 0 Å². The van der Waals surface area contributed by atoms with Crippen molar-refractivity contribution < 1.29 is 19.4 Å². The van der Waals surface area contributed by atoms with Gasteiger partial charge in [-0.2, -0.15) is 4.99 Å². The number of phenolic OH excluding ortho intramolecular Hbond substituents is 1. The first-order valence-electron chi connectivity index (χ1n) is 13.9. The summed E-state index contributed by atoms with van der Waals surface area (Å²) in [4.78, 5) is 19.5. The van der Waals surface area contributed by atoms with Crippen LogP contribution in [-0.2, 0) is 10.2 Å². The number of hydrogen-bond donors (Lipinski definition) is 2. The van der Waals surface area contributed by atoms with Gasteiger partial charge in [0.2, 0.25) is 0 Å². The first-order valence-corrected chi connectivity index (χ1v) is 14.8. The second kappa shape index (κ2) is 9.23. The van der Waals surface area contributed by atoms with E-state index in [9.17, 15) is 15.0 Å². The van der Waals surface area contributed by atoms with Gasteiger partial charge in [0.15, 0.2) is 16.7 Å². The molecule has 4 saturated carbocycles. The van der Waals surface area contributed by atoms with E-state index in [1.807, 2.05) is 41.3 Å². The van der Waals surface area contributed by atoms with Gasteiger partial charge >= 0.3 is 0 Å². The fraction of sp³-hybridized carbons (Fsp3) is 0.484. The molecule has 2 aromatic carbocycles. The quantitative estimate of drug-likeness (QED) is 0.466. The number of rotatable bonds is 4. The van der Waals surface area contributed by atoms with Crippen molar-refractivity contribution in [3.8, 4) is 16.9 Å². The zero-order valence-corrected chi connectivity index (χ0v) is 22.2. The van der Waals surface area contributed by atoms with Crippen LogP contribution in [0.2, 0.25) is 0 Å². The van der Waals surface area contributed by atoms with Gasteiger partial charge in [-0.1, -0.05) is 18.2 Å². The number of amides is 1. The molecule has 6 aliphatic rings. The van der Waals surface area contributed by atoms with Crippen LogP contribution in [0.1, 0.15) is 62.5 Å². The number of amidine groups is 1. The molecule has 8 rings (SSSR count). The van der Waals surface area contributed by atoms with Crippen molar-refractivity contribution in [1.29, 1.82) is 0 Å². The number of aliphatic hydroxyl groups is 1. The number of halogens is 1. The van der Waals surface area contributed by atoms with Crippen LogP contribution in [0.4, 0.5) is 4.39 Å². The second-order valence-electron chi connectivity index (χ2n) is 12.2. The monoisotopic (exact) mass is 532 g/mol. The molecule has 5 nitrogen and oxygen atoms in total. The van der Waals surface area contributed by atoms with E-state index in [0.717, 1.165) is 60.9 Å². The molecule has 0 radical (unpaired) electrons. The van der Waals surface area contributed by atoms with Crippen LogP contribution in [-0.4, -0.2) is 45.4 Å². The molecule has 5 fully saturated rings. The van der Waals surface area contributed by atoms with Crippen LogP contribution in [0.5, 0.6) is 5.75 Å². The van der Waals surface area contributed by atoms with Gasteiger partial charge in [0.1, 0.15) is 0 Å². The molecule has 1 saturated heterocycles. The number of likely N-dealkylation sites (tertiary alicyclic amines) is 1. The van der Waals surface area contributed by atoms with Crippen molar-refractivity contribution in [3.05, 3.63) is 58.2 Å². The molecule has 1 amide bonds. The topological polar surface area (TPSA) is 73.1 Å². The summed E-state index contributed by atoms with van der Waals surface area (Å²) in [6.07, 6.45) is 10.8. The highest BCUT2D eigenvalue weighted by atomic mass is 32.2. The number of hydrogen-bond acceptors (Lipinski definition) is 5. The molecular weight excluding hydrogens is 499 g/mol. The molecule has 2 heterocycles. The summed E-state index contributed by atoms with van der Waals surface area (Å²) in [6.45, 7) is 0.856. The summed E-state index contributed by atoms with van der Waals surface area (Å²) in [5, 5.41) is 21.2. The number of benzene rings is 2. The van der Waals surface area contributed by atoms with Gasteiger partial charge in [-0.3, -0.25) is 4.79 Å². The molecule has 38 heavy (non-hydrogen) atoms. The molecule has 2 aliphatic heterocycles. The van der Waals surface area contributed by atoms with Crippen LogP contribution in [0.15, 0.2) is 46.3 Å². The third-order valence-corrected chi connectivity index (χ3v) is 10.7. The Balaban J connectivity index is 1.18. The van der Waals surface area contributed by atoms with Crippen LogP contribution < -0.4 is 0 Å². The van der Waals surface area contributed by atoms with Crippen molar-refractivity contribution >= 4 is 28.9 Å². The molecule has 198 valence electrons. The Morgan fingerprint density at radius 1 is 1.08 bits per heavy atom. The Hall–Kier alpha value is -2.64. The van der Waals surface area contributed by atoms with Crippen LogP contribution >= 0.6 is 11.8 Å². The number of nitrogens with zero attached hydrogens (tertiary/aromatic N) is 2. The van der Waals surface area contributed by atoms with Gasteiger partial charge < -0.3 is 15.1 Å². The normalized spacial score (nSPS) is 33.0. The Morgan fingerprint density at radius 3 is 2.53 bits per heavy atom. The minimum atomic E-state index is -0.555. The zero-order chi connectivity index (χ0) is 26.0. The van der Waals surface area contributed by atoms with Gasteiger partial charge in [0.25, 0.3) is 5.91 Å². The molecule has 0 aromatic heterocycles. The number of carbonyl (C=O) groups is 1. The lowest BCUT2D eigenvalue weighted by molar-refractivity contribution is -0.113. The minimum Gasteiger partial charge on any atom is -0.505 e. The zero-order valence-electron chi connectivity index (χ0n) is 21.4. The van der Waals surface area contributed by atoms with E-state index in [2.05, 4.69) is 4.99 Å². The predicted molar refractivity (Wildman–Crippen MR) is 148 cm³/mol. The SMILES string of the molecule is O=C1N=C(N2CCC[C@H]2CO)S/C1=C\c1cccc(-c2cc(F)c(O)c(C34CC5CC(CC(C5)C3)C4)c2)c1. The average Bonchev–Trinajstić information content (AvgIpc) is 3.51. The summed E-state index contributed by atoms with van der Waals surface area (Å²) >= 11 is 1.35. The third-order valence-electron chi connectivity index (χ3n) is 9.63. The smallest absolute Gasteiger partial charge is 0.286 e. The summed E-state index contributed by atoms with van der Waals surface area (Å²) in [5.41, 5.74) is 3.15. The van der Waals surface area contributed by atoms with Gasteiger partial charge in [-0.05, 0) is 127 Å². The Morgan fingerprint density at radius 2 is 1.82 bits per heavy atom. The van der Waals surface area contributed by atoms with E-state index in [1.165, 1.54) is 37.1 Å². The highest BCUT2D eigenvalue weighted by Crippen LogP contribution is 2.62. The van der Waals surface area contributed by atoms with E-state index < -0.39 is 5.82 Å². The van der Waals surface area contributed by atoms with Crippen LogP contribution in [0.3, 0.4) is 0 Å².